The van der Waals surface area contributed by atoms with Gasteiger partial charge in [-0.05, 0) is 38.0 Å². The smallest absolute Gasteiger partial charge is 0.263 e. The van der Waals surface area contributed by atoms with Gasteiger partial charge in [-0.25, -0.2) is 9.37 Å². The van der Waals surface area contributed by atoms with Crippen LogP contribution in [-0.2, 0) is 6.42 Å². The van der Waals surface area contributed by atoms with Crippen molar-refractivity contribution in [3.8, 4) is 5.75 Å². The van der Waals surface area contributed by atoms with Gasteiger partial charge in [-0.3, -0.25) is 4.79 Å². The summed E-state index contributed by atoms with van der Waals surface area (Å²) in [6.07, 6.45) is 1.57. The minimum absolute atomic E-state index is 0.276. The zero-order valence-corrected chi connectivity index (χ0v) is 19.4. The molecule has 1 aromatic carbocycles. The summed E-state index contributed by atoms with van der Waals surface area (Å²) in [6.45, 7) is 5.95. The van der Waals surface area contributed by atoms with E-state index in [9.17, 15) is 4.79 Å². The number of aryl methyl sites for hydroxylation is 2. The summed E-state index contributed by atoms with van der Waals surface area (Å²) in [7, 11) is 0. The zero-order chi connectivity index (χ0) is 22.9. The third-order valence-corrected chi connectivity index (χ3v) is 7.98. The van der Waals surface area contributed by atoms with Crippen molar-refractivity contribution < 1.29 is 13.9 Å². The Bertz CT molecular complexity index is 1280. The molecule has 7 rings (SSSR count). The fourth-order valence-electron chi connectivity index (χ4n) is 5.31. The number of aromatic nitrogens is 1. The normalized spacial score (nSPS) is 23.6. The van der Waals surface area contributed by atoms with Crippen LogP contribution in [0.15, 0.2) is 18.2 Å². The van der Waals surface area contributed by atoms with E-state index in [4.69, 9.17) is 10.5 Å². The number of nitrogens with one attached hydrogen (secondary N) is 2. The number of amides is 1. The first-order chi connectivity index (χ1) is 15.9. The molecule has 4 N–H and O–H groups in total. The number of piperidine rings is 1. The number of carbonyl (C=O) groups is 1. The van der Waals surface area contributed by atoms with Gasteiger partial charge < -0.3 is 26.0 Å². The SMILES string of the molecule is Cc1cc(C)c2c(N)c(C(=O)N[C@H]3COc4cc(N5CC6CC(C5)N6)cc(F)c4C3)sc2n1. The van der Waals surface area contributed by atoms with Crippen LogP contribution in [0.4, 0.5) is 15.8 Å². The lowest BCUT2D eigenvalue weighted by Crippen LogP contribution is -2.67. The van der Waals surface area contributed by atoms with E-state index in [0.717, 1.165) is 40.3 Å². The number of fused-ring (bicyclic) bond motifs is 4. The van der Waals surface area contributed by atoms with Crippen molar-refractivity contribution in [1.29, 1.82) is 0 Å². The molecule has 0 saturated carbocycles. The number of hydrogen-bond acceptors (Lipinski definition) is 7. The summed E-state index contributed by atoms with van der Waals surface area (Å²) in [5.41, 5.74) is 10.0. The summed E-state index contributed by atoms with van der Waals surface area (Å²) in [6, 6.07) is 6.14. The average molecular weight is 468 g/mol. The molecule has 0 aliphatic carbocycles. The van der Waals surface area contributed by atoms with Gasteiger partial charge in [0.1, 0.15) is 27.9 Å². The van der Waals surface area contributed by atoms with Crippen molar-refractivity contribution in [1.82, 2.24) is 15.6 Å². The van der Waals surface area contributed by atoms with Crippen molar-refractivity contribution in [2.75, 3.05) is 30.3 Å². The van der Waals surface area contributed by atoms with Gasteiger partial charge in [0.15, 0.2) is 0 Å². The molecule has 2 unspecified atom stereocenters. The minimum Gasteiger partial charge on any atom is -0.491 e. The second-order valence-electron chi connectivity index (χ2n) is 9.40. The van der Waals surface area contributed by atoms with Crippen molar-refractivity contribution in [2.24, 2.45) is 0 Å². The van der Waals surface area contributed by atoms with Crippen LogP contribution in [0.25, 0.3) is 10.2 Å². The lowest BCUT2D eigenvalue weighted by atomic mass is 9.90. The second-order valence-corrected chi connectivity index (χ2v) is 10.4. The van der Waals surface area contributed by atoms with E-state index in [1.165, 1.54) is 17.8 Å². The predicted octanol–water partition coefficient (Wildman–Crippen LogP) is 2.92. The molecule has 3 fully saturated rings. The summed E-state index contributed by atoms with van der Waals surface area (Å²) < 4.78 is 21.0. The van der Waals surface area contributed by atoms with Crippen LogP contribution in [0.2, 0.25) is 0 Å². The number of nitrogens with two attached hydrogens (primary N) is 1. The highest BCUT2D eigenvalue weighted by molar-refractivity contribution is 7.21. The number of hydrogen-bond donors (Lipinski definition) is 3. The van der Waals surface area contributed by atoms with Gasteiger partial charge in [-0.1, -0.05) is 0 Å². The minimum atomic E-state index is -0.336. The molecule has 2 aromatic heterocycles. The molecule has 6 heterocycles. The fraction of sp³-hybridized carbons (Fsp3) is 0.417. The highest BCUT2D eigenvalue weighted by Gasteiger charge is 2.37. The van der Waals surface area contributed by atoms with Crippen LogP contribution in [0.1, 0.15) is 32.9 Å². The first-order valence-electron chi connectivity index (χ1n) is 11.3. The molecule has 33 heavy (non-hydrogen) atoms. The molecule has 9 heteroatoms. The first-order valence-corrected chi connectivity index (χ1v) is 12.1. The molecule has 3 atom stereocenters. The van der Waals surface area contributed by atoms with Crippen LogP contribution < -0.4 is 26.0 Å². The number of rotatable bonds is 3. The number of thiophene rings is 1. The van der Waals surface area contributed by atoms with E-state index in [2.05, 4.69) is 20.5 Å². The van der Waals surface area contributed by atoms with Gasteiger partial charge in [0, 0.05) is 60.0 Å². The number of nitrogen functional groups attached to an aromatic ring is 1. The van der Waals surface area contributed by atoms with E-state index in [0.29, 0.717) is 40.4 Å². The Labute approximate surface area is 195 Å². The molecule has 172 valence electrons. The van der Waals surface area contributed by atoms with E-state index in [1.807, 2.05) is 26.0 Å². The molecule has 1 amide bonds. The van der Waals surface area contributed by atoms with Crippen LogP contribution >= 0.6 is 11.3 Å². The number of piperazine rings is 1. The van der Waals surface area contributed by atoms with Gasteiger partial charge >= 0.3 is 0 Å². The molecule has 3 aromatic rings. The van der Waals surface area contributed by atoms with E-state index in [1.54, 1.807) is 6.07 Å². The summed E-state index contributed by atoms with van der Waals surface area (Å²) >= 11 is 1.29. The van der Waals surface area contributed by atoms with Crippen molar-refractivity contribution in [3.05, 3.63) is 45.7 Å². The lowest BCUT2D eigenvalue weighted by Gasteiger charge is -2.49. The van der Waals surface area contributed by atoms with Gasteiger partial charge in [0.05, 0.1) is 11.7 Å². The summed E-state index contributed by atoms with van der Waals surface area (Å²) in [5, 5.41) is 7.30. The van der Waals surface area contributed by atoms with Gasteiger partial charge in [-0.15, -0.1) is 11.3 Å². The van der Waals surface area contributed by atoms with Gasteiger partial charge in [-0.2, -0.15) is 0 Å². The number of carbonyl (C=O) groups excluding carboxylic acids is 1. The maximum Gasteiger partial charge on any atom is 0.263 e. The molecule has 3 saturated heterocycles. The number of pyridine rings is 1. The third kappa shape index (κ3) is 3.50. The van der Waals surface area contributed by atoms with E-state index >= 15 is 4.39 Å². The quantitative estimate of drug-likeness (QED) is 0.549. The topological polar surface area (TPSA) is 92.5 Å². The van der Waals surface area contributed by atoms with Crippen LogP contribution in [0.5, 0.6) is 5.75 Å². The fourth-order valence-corrected chi connectivity index (χ4v) is 6.43. The Kier molecular flexibility index (Phi) is 4.74. The Morgan fingerprint density at radius 2 is 2.06 bits per heavy atom. The Morgan fingerprint density at radius 1 is 1.30 bits per heavy atom. The van der Waals surface area contributed by atoms with Crippen LogP contribution in [0, 0.1) is 19.7 Å². The van der Waals surface area contributed by atoms with Gasteiger partial charge in [0.2, 0.25) is 0 Å². The maximum absolute atomic E-state index is 15.1. The Hall–Kier alpha value is -2.91. The lowest BCUT2D eigenvalue weighted by molar-refractivity contribution is 0.0919. The van der Waals surface area contributed by atoms with Crippen molar-refractivity contribution >= 4 is 38.8 Å². The zero-order valence-electron chi connectivity index (χ0n) is 18.6. The molecule has 7 nitrogen and oxygen atoms in total. The van der Waals surface area contributed by atoms with Crippen LogP contribution in [0.3, 0.4) is 0 Å². The maximum atomic E-state index is 15.1. The number of halogens is 1. The van der Waals surface area contributed by atoms with Crippen molar-refractivity contribution in [2.45, 2.75) is 44.8 Å². The second kappa shape index (κ2) is 7.56. The van der Waals surface area contributed by atoms with Crippen LogP contribution in [-0.4, -0.2) is 48.7 Å². The van der Waals surface area contributed by atoms with E-state index < -0.39 is 0 Å². The number of ether oxygens (including phenoxy) is 1. The first kappa shape index (κ1) is 20.7. The molecule has 0 radical (unpaired) electrons. The van der Waals surface area contributed by atoms with E-state index in [-0.39, 0.29) is 24.4 Å². The van der Waals surface area contributed by atoms with Gasteiger partial charge in [0.25, 0.3) is 5.91 Å². The molecule has 0 spiro atoms. The highest BCUT2D eigenvalue weighted by Crippen LogP contribution is 2.37. The monoisotopic (exact) mass is 467 g/mol. The molecule has 4 aliphatic heterocycles. The molecular weight excluding hydrogens is 441 g/mol. The average Bonchev–Trinajstić information content (AvgIpc) is 3.10. The number of benzene rings is 1. The molecule has 2 bridgehead atoms. The standard InChI is InChI=1S/C24H26FN5O2S/c1-11-3-12(2)27-24-20(11)21(26)22(33-24)23(31)29-15-5-17-18(25)6-16(7-19(17)32-10-15)30-8-13-4-14(9-30)28-13/h3,6-7,13-15,28H,4-5,8-10,26H2,1-2H3,(H,29,31)/t13?,14?,15-/m1/s1. The molecule has 4 aliphatic rings. The summed E-state index contributed by atoms with van der Waals surface area (Å²) in [4.78, 5) is 21.0. The molecular formula is C24H26FN5O2S. The van der Waals surface area contributed by atoms with Crippen molar-refractivity contribution in [3.63, 3.8) is 0 Å². The Morgan fingerprint density at radius 3 is 2.82 bits per heavy atom. The highest BCUT2D eigenvalue weighted by atomic mass is 32.1. The number of anilines is 2. The third-order valence-electron chi connectivity index (χ3n) is 6.88. The largest absolute Gasteiger partial charge is 0.491 e. The Balaban J connectivity index is 1.20. The summed E-state index contributed by atoms with van der Waals surface area (Å²) in [5.74, 6) is 0.00591. The number of nitrogens with zero attached hydrogens (tertiary/aromatic N) is 2. The predicted molar refractivity (Wildman–Crippen MR) is 128 cm³/mol.